The van der Waals surface area contributed by atoms with Crippen LogP contribution in [0.2, 0.25) is 0 Å². The molecule has 1 aromatic heterocycles. The molecule has 2 heteroatoms. The molecule has 0 bridgehead atoms. The van der Waals surface area contributed by atoms with Crippen molar-refractivity contribution in [2.24, 2.45) is 4.99 Å². The zero-order valence-corrected chi connectivity index (χ0v) is 10.3. The van der Waals surface area contributed by atoms with Crippen LogP contribution in [0.15, 0.2) is 65.8 Å². The van der Waals surface area contributed by atoms with Gasteiger partial charge >= 0.3 is 0 Å². The molecule has 2 nitrogen and oxygen atoms in total. The second-order valence-electron chi connectivity index (χ2n) is 4.76. The third-order valence-corrected chi connectivity index (χ3v) is 3.51. The molecule has 1 unspecified atom stereocenters. The molecule has 1 atom stereocenters. The van der Waals surface area contributed by atoms with Crippen LogP contribution in [0.1, 0.15) is 11.7 Å². The number of pyridine rings is 1. The highest BCUT2D eigenvalue weighted by Crippen LogP contribution is 2.22. The van der Waals surface area contributed by atoms with E-state index in [1.165, 1.54) is 16.0 Å². The summed E-state index contributed by atoms with van der Waals surface area (Å²) in [5.41, 5.74) is 1.01. The Hall–Kier alpha value is -2.48. The summed E-state index contributed by atoms with van der Waals surface area (Å²) in [5.74, 6) is 0. The smallest absolute Gasteiger partial charge is 0.112 e. The zero-order valence-electron chi connectivity index (χ0n) is 10.3. The number of hydrogen-bond donors (Lipinski definition) is 0. The van der Waals surface area contributed by atoms with E-state index in [1.54, 1.807) is 0 Å². The van der Waals surface area contributed by atoms with Crippen molar-refractivity contribution in [3.05, 3.63) is 77.1 Å². The first-order valence-corrected chi connectivity index (χ1v) is 6.40. The molecule has 0 fully saturated rings. The lowest BCUT2D eigenvalue weighted by Crippen LogP contribution is -2.19. The van der Waals surface area contributed by atoms with E-state index < -0.39 is 0 Å². The van der Waals surface area contributed by atoms with Crippen LogP contribution in [0.4, 0.5) is 0 Å². The number of nitrogens with zero attached hydrogens (tertiary/aromatic N) is 2. The molecule has 1 aliphatic heterocycles. The number of para-hydroxylation sites is 1. The highest BCUT2D eigenvalue weighted by Gasteiger charge is 2.12. The Morgan fingerprint density at radius 2 is 1.63 bits per heavy atom. The van der Waals surface area contributed by atoms with Gasteiger partial charge in [-0.25, -0.2) is 0 Å². The summed E-state index contributed by atoms with van der Waals surface area (Å²) < 4.78 is 0. The van der Waals surface area contributed by atoms with Crippen LogP contribution >= 0.6 is 0 Å². The molecule has 1 aliphatic rings. The summed E-state index contributed by atoms with van der Waals surface area (Å²) in [6.45, 7) is 0. The number of benzene rings is 2. The Morgan fingerprint density at radius 1 is 0.842 bits per heavy atom. The molecule has 0 N–H and O–H groups in total. The number of fused-ring (bicyclic) bond motifs is 2. The molecule has 19 heavy (non-hydrogen) atoms. The molecule has 0 spiro atoms. The van der Waals surface area contributed by atoms with Crippen molar-refractivity contribution in [2.45, 2.75) is 6.04 Å². The summed E-state index contributed by atoms with van der Waals surface area (Å²) in [6.07, 6.45) is 4.10. The van der Waals surface area contributed by atoms with Crippen molar-refractivity contribution in [3.8, 4) is 0 Å². The van der Waals surface area contributed by atoms with E-state index >= 15 is 0 Å². The minimum Gasteiger partial charge on any atom is -0.271 e. The maximum atomic E-state index is 4.71. The van der Waals surface area contributed by atoms with Crippen LogP contribution in [-0.2, 0) is 0 Å². The van der Waals surface area contributed by atoms with Crippen LogP contribution in [0.25, 0.3) is 16.8 Å². The maximum Gasteiger partial charge on any atom is 0.112 e. The second-order valence-corrected chi connectivity index (χ2v) is 4.76. The Bertz CT molecular complexity index is 846. The third kappa shape index (κ3) is 1.73. The normalized spacial score (nSPS) is 16.7. The molecule has 0 saturated carbocycles. The summed E-state index contributed by atoms with van der Waals surface area (Å²) in [6, 6.07) is 18.7. The van der Waals surface area contributed by atoms with Gasteiger partial charge in [0.25, 0.3) is 0 Å². The monoisotopic (exact) mass is 244 g/mol. The largest absolute Gasteiger partial charge is 0.271 e. The van der Waals surface area contributed by atoms with E-state index in [1.807, 2.05) is 30.5 Å². The van der Waals surface area contributed by atoms with Crippen LogP contribution in [0, 0.1) is 0 Å². The van der Waals surface area contributed by atoms with E-state index in [9.17, 15) is 0 Å². The minimum absolute atomic E-state index is 0.0435. The van der Waals surface area contributed by atoms with Crippen LogP contribution in [0.5, 0.6) is 0 Å². The Balaban J connectivity index is 1.86. The topological polar surface area (TPSA) is 25.2 Å². The molecule has 90 valence electrons. The fraction of sp³-hybridized carbons (Fsp3) is 0.0588. The number of aromatic nitrogens is 1. The van der Waals surface area contributed by atoms with E-state index in [2.05, 4.69) is 41.4 Å². The van der Waals surface area contributed by atoms with Gasteiger partial charge in [-0.05, 0) is 28.8 Å². The summed E-state index contributed by atoms with van der Waals surface area (Å²) in [7, 11) is 0. The van der Waals surface area contributed by atoms with Gasteiger partial charge in [-0.1, -0.05) is 42.5 Å². The molecular formula is C17H12N2. The lowest BCUT2D eigenvalue weighted by atomic mass is 10.1. The third-order valence-electron chi connectivity index (χ3n) is 3.51. The van der Waals surface area contributed by atoms with Crippen molar-refractivity contribution in [1.82, 2.24) is 4.98 Å². The molecule has 3 aromatic rings. The number of hydrogen-bond acceptors (Lipinski definition) is 2. The summed E-state index contributed by atoms with van der Waals surface area (Å²) in [4.78, 5) is 9.26. The molecule has 2 aromatic carbocycles. The zero-order chi connectivity index (χ0) is 12.7. The standard InChI is InChI=1S/C17H12N2/c1-2-7-14-11-18-16(9-12(14)5-1)17-10-13-6-3-4-8-15(13)19-17/h1-11,17H. The fourth-order valence-electron chi connectivity index (χ4n) is 2.52. The van der Waals surface area contributed by atoms with Crippen molar-refractivity contribution in [3.63, 3.8) is 0 Å². The lowest BCUT2D eigenvalue weighted by Gasteiger charge is -2.05. The minimum atomic E-state index is 0.0435. The molecule has 0 aliphatic carbocycles. The molecular weight excluding hydrogens is 232 g/mol. The van der Waals surface area contributed by atoms with Crippen molar-refractivity contribution in [1.29, 1.82) is 0 Å². The first-order chi connectivity index (χ1) is 9.40. The first kappa shape index (κ1) is 10.4. The SMILES string of the molecule is C1=c2ccccc2=NC1c1cc2ccccc2cn1. The fourth-order valence-corrected chi connectivity index (χ4v) is 2.52. The highest BCUT2D eigenvalue weighted by atomic mass is 14.8. The first-order valence-electron chi connectivity index (χ1n) is 6.40. The van der Waals surface area contributed by atoms with Gasteiger partial charge in [-0.3, -0.25) is 9.98 Å². The van der Waals surface area contributed by atoms with Crippen LogP contribution in [-0.4, -0.2) is 4.98 Å². The Kier molecular flexibility index (Phi) is 2.21. The van der Waals surface area contributed by atoms with Gasteiger partial charge in [-0.15, -0.1) is 0 Å². The molecule has 4 rings (SSSR count). The maximum absolute atomic E-state index is 4.71. The average Bonchev–Trinajstić information content (AvgIpc) is 2.90. The summed E-state index contributed by atoms with van der Waals surface area (Å²) >= 11 is 0. The van der Waals surface area contributed by atoms with E-state index in [0.717, 1.165) is 11.1 Å². The van der Waals surface area contributed by atoms with Crippen molar-refractivity contribution in [2.75, 3.05) is 0 Å². The molecule has 0 radical (unpaired) electrons. The average molecular weight is 244 g/mol. The molecule has 0 saturated heterocycles. The predicted molar refractivity (Wildman–Crippen MR) is 76.2 cm³/mol. The number of rotatable bonds is 1. The van der Waals surface area contributed by atoms with E-state index in [4.69, 9.17) is 4.99 Å². The molecule has 2 heterocycles. The van der Waals surface area contributed by atoms with Gasteiger partial charge in [0.05, 0.1) is 11.1 Å². The van der Waals surface area contributed by atoms with Gasteiger partial charge < -0.3 is 0 Å². The van der Waals surface area contributed by atoms with Gasteiger partial charge in [0.1, 0.15) is 6.04 Å². The second kappa shape index (κ2) is 4.02. The van der Waals surface area contributed by atoms with E-state index in [-0.39, 0.29) is 6.04 Å². The Morgan fingerprint density at radius 3 is 2.53 bits per heavy atom. The van der Waals surface area contributed by atoms with Crippen molar-refractivity contribution >= 4 is 16.8 Å². The van der Waals surface area contributed by atoms with Crippen LogP contribution < -0.4 is 10.6 Å². The highest BCUT2D eigenvalue weighted by molar-refractivity contribution is 5.82. The lowest BCUT2D eigenvalue weighted by molar-refractivity contribution is 0.895. The predicted octanol–water partition coefficient (Wildman–Crippen LogP) is 2.39. The Labute approximate surface area is 110 Å². The van der Waals surface area contributed by atoms with Crippen molar-refractivity contribution < 1.29 is 0 Å². The van der Waals surface area contributed by atoms with Gasteiger partial charge in [-0.2, -0.15) is 0 Å². The van der Waals surface area contributed by atoms with Crippen LogP contribution in [0.3, 0.4) is 0 Å². The van der Waals surface area contributed by atoms with E-state index in [0.29, 0.717) is 0 Å². The van der Waals surface area contributed by atoms with Gasteiger partial charge in [0, 0.05) is 11.6 Å². The van der Waals surface area contributed by atoms with Gasteiger partial charge in [0.2, 0.25) is 0 Å². The molecule has 0 amide bonds. The van der Waals surface area contributed by atoms with Gasteiger partial charge in [0.15, 0.2) is 0 Å². The quantitative estimate of drug-likeness (QED) is 0.645. The summed E-state index contributed by atoms with van der Waals surface area (Å²) in [5, 5.41) is 4.64.